The lowest BCUT2D eigenvalue weighted by molar-refractivity contribution is -0.385. The molecule has 0 saturated heterocycles. The molecule has 2 amide bonds. The second-order valence-electron chi connectivity index (χ2n) is 6.56. The molecule has 0 fully saturated rings. The van der Waals surface area contributed by atoms with Gasteiger partial charge in [0.25, 0.3) is 17.5 Å². The summed E-state index contributed by atoms with van der Waals surface area (Å²) in [5.41, 5.74) is 1.00. The van der Waals surface area contributed by atoms with Crippen LogP contribution in [0.5, 0.6) is 0 Å². The molecule has 9 nitrogen and oxygen atoms in total. The number of rotatable bonds is 7. The van der Waals surface area contributed by atoms with Crippen LogP contribution in [0.3, 0.4) is 0 Å². The Morgan fingerprint density at radius 1 is 1.30 bits per heavy atom. The van der Waals surface area contributed by atoms with Crippen LogP contribution in [-0.2, 0) is 6.54 Å². The Bertz CT molecular complexity index is 873. The Morgan fingerprint density at radius 3 is 2.56 bits per heavy atom. The van der Waals surface area contributed by atoms with Crippen LogP contribution in [0.15, 0.2) is 24.4 Å². The molecule has 0 atom stereocenters. The minimum absolute atomic E-state index is 0.0564. The Balaban J connectivity index is 2.24. The molecule has 2 N–H and O–H groups in total. The monoisotopic (exact) mass is 373 g/mol. The number of carbonyl (C=O) groups excluding carboxylic acids is 2. The van der Waals surface area contributed by atoms with Gasteiger partial charge < -0.3 is 10.6 Å². The maximum Gasteiger partial charge on any atom is 0.273 e. The van der Waals surface area contributed by atoms with Gasteiger partial charge in [-0.25, -0.2) is 0 Å². The van der Waals surface area contributed by atoms with Crippen LogP contribution in [0.4, 0.5) is 11.4 Å². The van der Waals surface area contributed by atoms with Gasteiger partial charge in [-0.3, -0.25) is 24.4 Å². The molecular formula is C18H23N5O4. The first-order valence-electron chi connectivity index (χ1n) is 8.65. The minimum atomic E-state index is -0.501. The number of anilines is 1. The van der Waals surface area contributed by atoms with Gasteiger partial charge >= 0.3 is 0 Å². The lowest BCUT2D eigenvalue weighted by Crippen LogP contribution is -2.28. The number of nitro groups is 1. The van der Waals surface area contributed by atoms with Crippen LogP contribution in [0.2, 0.25) is 0 Å². The molecule has 0 aliphatic rings. The van der Waals surface area contributed by atoms with Gasteiger partial charge in [0.05, 0.1) is 10.6 Å². The van der Waals surface area contributed by atoms with E-state index in [1.165, 1.54) is 18.2 Å². The van der Waals surface area contributed by atoms with E-state index in [9.17, 15) is 19.7 Å². The Labute approximate surface area is 156 Å². The Hall–Kier alpha value is -3.23. The normalized spacial score (nSPS) is 10.7. The van der Waals surface area contributed by atoms with Crippen molar-refractivity contribution < 1.29 is 14.5 Å². The van der Waals surface area contributed by atoms with Crippen LogP contribution in [0.1, 0.15) is 47.2 Å². The highest BCUT2D eigenvalue weighted by Crippen LogP contribution is 2.21. The van der Waals surface area contributed by atoms with Crippen molar-refractivity contribution in [2.24, 2.45) is 5.92 Å². The van der Waals surface area contributed by atoms with Gasteiger partial charge in [0.15, 0.2) is 5.69 Å². The van der Waals surface area contributed by atoms with Gasteiger partial charge in [0.1, 0.15) is 0 Å². The van der Waals surface area contributed by atoms with Crippen LogP contribution in [-0.4, -0.2) is 33.1 Å². The predicted molar refractivity (Wildman–Crippen MR) is 101 cm³/mol. The minimum Gasteiger partial charge on any atom is -0.350 e. The zero-order valence-corrected chi connectivity index (χ0v) is 15.8. The summed E-state index contributed by atoms with van der Waals surface area (Å²) < 4.78 is 1.56. The lowest BCUT2D eigenvalue weighted by Gasteiger charge is -2.08. The molecule has 0 unspecified atom stereocenters. The number of nitrogens with zero attached hydrogens (tertiary/aromatic N) is 3. The standard InChI is InChI=1S/C18H23N5O4/c1-5-22-10-14(16(21-22)18(25)19-9-11(2)3)20-17(24)13-6-7-15(23(26)27)12(4)8-13/h6-8,10-11H,5,9H2,1-4H3,(H,19,25)(H,20,24). The van der Waals surface area contributed by atoms with Crippen LogP contribution < -0.4 is 10.6 Å². The smallest absolute Gasteiger partial charge is 0.273 e. The fraction of sp³-hybridized carbons (Fsp3) is 0.389. The highest BCUT2D eigenvalue weighted by molar-refractivity contribution is 6.08. The van der Waals surface area contributed by atoms with E-state index in [1.54, 1.807) is 17.8 Å². The topological polar surface area (TPSA) is 119 Å². The van der Waals surface area contributed by atoms with Crippen molar-refractivity contribution >= 4 is 23.2 Å². The number of aryl methyl sites for hydroxylation is 2. The summed E-state index contributed by atoms with van der Waals surface area (Å²) in [5.74, 6) is -0.559. The summed E-state index contributed by atoms with van der Waals surface area (Å²) in [4.78, 5) is 35.3. The van der Waals surface area contributed by atoms with Crippen molar-refractivity contribution in [1.29, 1.82) is 0 Å². The highest BCUT2D eigenvalue weighted by atomic mass is 16.6. The Morgan fingerprint density at radius 2 is 2.00 bits per heavy atom. The quantitative estimate of drug-likeness (QED) is 0.571. The van der Waals surface area contributed by atoms with Gasteiger partial charge in [-0.15, -0.1) is 0 Å². The molecule has 2 aromatic rings. The first-order chi connectivity index (χ1) is 12.7. The van der Waals surface area contributed by atoms with Crippen LogP contribution in [0, 0.1) is 23.0 Å². The van der Waals surface area contributed by atoms with Gasteiger partial charge in [-0.2, -0.15) is 5.10 Å². The molecule has 1 heterocycles. The number of carbonyl (C=O) groups is 2. The average Bonchev–Trinajstić information content (AvgIpc) is 3.02. The van der Waals surface area contributed by atoms with Crippen molar-refractivity contribution in [3.05, 3.63) is 51.3 Å². The number of aromatic nitrogens is 2. The predicted octanol–water partition coefficient (Wildman–Crippen LogP) is 2.76. The average molecular weight is 373 g/mol. The van der Waals surface area contributed by atoms with E-state index in [-0.39, 0.29) is 28.8 Å². The van der Waals surface area contributed by atoms with Crippen molar-refractivity contribution in [1.82, 2.24) is 15.1 Å². The van der Waals surface area contributed by atoms with Gasteiger partial charge in [-0.1, -0.05) is 13.8 Å². The molecule has 1 aromatic heterocycles. The summed E-state index contributed by atoms with van der Waals surface area (Å²) in [5, 5.41) is 20.6. The first-order valence-corrected chi connectivity index (χ1v) is 8.65. The molecule has 0 saturated carbocycles. The molecule has 0 aliphatic carbocycles. The molecule has 0 bridgehead atoms. The summed E-state index contributed by atoms with van der Waals surface area (Å²) in [7, 11) is 0. The van der Waals surface area contributed by atoms with E-state index < -0.39 is 10.8 Å². The fourth-order valence-corrected chi connectivity index (χ4v) is 2.42. The third kappa shape index (κ3) is 4.90. The summed E-state index contributed by atoms with van der Waals surface area (Å²) >= 11 is 0. The number of hydrogen-bond donors (Lipinski definition) is 2. The number of amides is 2. The number of nitro benzene ring substituents is 1. The zero-order chi connectivity index (χ0) is 20.1. The number of hydrogen-bond acceptors (Lipinski definition) is 5. The van der Waals surface area contributed by atoms with Crippen molar-refractivity contribution in [3.63, 3.8) is 0 Å². The molecule has 0 aliphatic heterocycles. The summed E-state index contributed by atoms with van der Waals surface area (Å²) in [6, 6.07) is 4.11. The van der Waals surface area contributed by atoms with E-state index in [2.05, 4.69) is 15.7 Å². The molecule has 2 rings (SSSR count). The third-order valence-corrected chi connectivity index (χ3v) is 3.88. The number of nitrogens with one attached hydrogen (secondary N) is 2. The van der Waals surface area contributed by atoms with Crippen LogP contribution in [0.25, 0.3) is 0 Å². The fourth-order valence-electron chi connectivity index (χ4n) is 2.42. The van der Waals surface area contributed by atoms with Crippen molar-refractivity contribution in [2.45, 2.75) is 34.2 Å². The van der Waals surface area contributed by atoms with Crippen molar-refractivity contribution in [3.8, 4) is 0 Å². The van der Waals surface area contributed by atoms with E-state index in [0.29, 0.717) is 24.3 Å². The van der Waals surface area contributed by atoms with Gasteiger partial charge in [-0.05, 0) is 31.9 Å². The van der Waals surface area contributed by atoms with Gasteiger partial charge in [0.2, 0.25) is 0 Å². The molecule has 0 radical (unpaired) electrons. The highest BCUT2D eigenvalue weighted by Gasteiger charge is 2.20. The molecular weight excluding hydrogens is 350 g/mol. The molecule has 0 spiro atoms. The van der Waals surface area contributed by atoms with Gasteiger partial charge in [0, 0.05) is 36.5 Å². The van der Waals surface area contributed by atoms with E-state index >= 15 is 0 Å². The van der Waals surface area contributed by atoms with Crippen molar-refractivity contribution in [2.75, 3.05) is 11.9 Å². The molecule has 27 heavy (non-hydrogen) atoms. The molecule has 144 valence electrons. The van der Waals surface area contributed by atoms with Crippen LogP contribution >= 0.6 is 0 Å². The SMILES string of the molecule is CCn1cc(NC(=O)c2ccc([N+](=O)[O-])c(C)c2)c(C(=O)NCC(C)C)n1. The maximum absolute atomic E-state index is 12.5. The largest absolute Gasteiger partial charge is 0.350 e. The second kappa shape index (κ2) is 8.43. The maximum atomic E-state index is 12.5. The lowest BCUT2D eigenvalue weighted by atomic mass is 10.1. The summed E-state index contributed by atoms with van der Waals surface area (Å²) in [6.07, 6.45) is 1.58. The van der Waals surface area contributed by atoms with E-state index in [4.69, 9.17) is 0 Å². The molecule has 9 heteroatoms. The third-order valence-electron chi connectivity index (χ3n) is 3.88. The molecule has 1 aromatic carbocycles. The Kier molecular flexibility index (Phi) is 6.27. The van der Waals surface area contributed by atoms with E-state index in [0.717, 1.165) is 0 Å². The summed E-state index contributed by atoms with van der Waals surface area (Å²) in [6.45, 7) is 8.42. The zero-order valence-electron chi connectivity index (χ0n) is 15.8. The number of benzene rings is 1. The second-order valence-corrected chi connectivity index (χ2v) is 6.56. The first kappa shape index (κ1) is 20.1. The van der Waals surface area contributed by atoms with E-state index in [1.807, 2.05) is 20.8 Å².